The molecule has 11 nitrogen and oxygen atoms in total. The molecular weight excluding hydrogens is 430 g/mol. The Morgan fingerprint density at radius 1 is 1.38 bits per heavy atom. The van der Waals surface area contributed by atoms with Crippen LogP contribution in [0.3, 0.4) is 0 Å². The number of methoxy groups -OCH3 is 1. The quantitative estimate of drug-likeness (QED) is 0.402. The molecule has 1 aromatic heterocycles. The number of rotatable bonds is 7. The Kier molecular flexibility index (Phi) is 7.06. The first-order valence-corrected chi connectivity index (χ1v) is 13.4. The van der Waals surface area contributed by atoms with E-state index in [-0.39, 0.29) is 5.75 Å². The lowest BCUT2D eigenvalue weighted by Gasteiger charge is -2.25. The fraction of sp³-hybridized carbons (Fsp3) is 0.636. The van der Waals surface area contributed by atoms with Gasteiger partial charge in [-0.25, -0.2) is 9.36 Å². The highest BCUT2D eigenvalue weighted by atomic mass is 32.7. The average Bonchev–Trinajstić information content (AvgIpc) is 2.80. The minimum Gasteiger partial charge on any atom is -0.374 e. The summed E-state index contributed by atoms with van der Waals surface area (Å²) in [5.41, 5.74) is -1.36. The van der Waals surface area contributed by atoms with Crippen molar-refractivity contribution in [1.82, 2.24) is 9.55 Å². The molecule has 1 aliphatic rings. The maximum atomic E-state index is 12.0. The lowest BCUT2D eigenvalue weighted by Crippen LogP contribution is -2.39. The minimum atomic E-state index is -4.39. The van der Waals surface area contributed by atoms with Crippen LogP contribution in [0.15, 0.2) is 21.9 Å². The van der Waals surface area contributed by atoms with Crippen LogP contribution in [-0.4, -0.2) is 62.1 Å². The second kappa shape index (κ2) is 8.36. The summed E-state index contributed by atoms with van der Waals surface area (Å²) in [6.07, 6.45) is -2.69. The van der Waals surface area contributed by atoms with Crippen molar-refractivity contribution in [3.8, 4) is 0 Å². The molecule has 0 aromatic carbocycles. The third kappa shape index (κ3) is 5.83. The zero-order chi connectivity index (χ0) is 19.7. The summed E-state index contributed by atoms with van der Waals surface area (Å²) >= 11 is 5.22. The number of H-pyrrole nitrogens is 1. The predicted octanol–water partition coefficient (Wildman–Crippen LogP) is -0.408. The molecule has 0 spiro atoms. The van der Waals surface area contributed by atoms with Gasteiger partial charge in [0.05, 0.1) is 6.10 Å². The van der Waals surface area contributed by atoms with Crippen molar-refractivity contribution in [2.75, 3.05) is 19.5 Å². The van der Waals surface area contributed by atoms with Crippen molar-refractivity contribution in [3.05, 3.63) is 33.1 Å². The highest BCUT2D eigenvalue weighted by Crippen LogP contribution is 2.53. The summed E-state index contributed by atoms with van der Waals surface area (Å²) in [4.78, 5) is 53.4. The van der Waals surface area contributed by atoms with Crippen molar-refractivity contribution < 1.29 is 33.2 Å². The molecule has 0 aliphatic carbocycles. The maximum Gasteiger partial charge on any atom is 0.384 e. The van der Waals surface area contributed by atoms with Gasteiger partial charge in [-0.2, -0.15) is 0 Å². The van der Waals surface area contributed by atoms with Crippen molar-refractivity contribution in [3.63, 3.8) is 0 Å². The standard InChI is InChI=1S/C11H18N2O9P2S2/c1-20-9-8(22-23(2,16)25)6(5-26-24(17,18)19)21-10(9)13-4-3-7(14)12-11(13)15/h3-4,6,8-10H,5H2,1-2H3,(H,16,25)(H,12,14,15)(H2,17,18,19)/t6-,8+,9+,10-,23?/m1/s1. The van der Waals surface area contributed by atoms with Crippen LogP contribution in [0.5, 0.6) is 0 Å². The summed E-state index contributed by atoms with van der Waals surface area (Å²) in [5, 5.41) is 0. The first-order chi connectivity index (χ1) is 11.9. The molecule has 1 fully saturated rings. The molecule has 5 atom stereocenters. The number of ether oxygens (including phenoxy) is 2. The summed E-state index contributed by atoms with van der Waals surface area (Å²) in [5.74, 6) is -0.196. The number of hydrogen-bond acceptors (Lipinski definition) is 8. The van der Waals surface area contributed by atoms with Crippen LogP contribution >= 0.6 is 24.7 Å². The van der Waals surface area contributed by atoms with Crippen LogP contribution in [0.2, 0.25) is 0 Å². The topological polar surface area (TPSA) is 160 Å². The predicted molar refractivity (Wildman–Crippen MR) is 97.8 cm³/mol. The number of nitrogens with one attached hydrogen (secondary N) is 1. The van der Waals surface area contributed by atoms with E-state index in [2.05, 4.69) is 4.98 Å². The zero-order valence-corrected chi connectivity index (χ0v) is 17.0. The molecule has 148 valence electrons. The molecule has 1 aromatic rings. The van der Waals surface area contributed by atoms with Gasteiger partial charge in [0.1, 0.15) is 12.2 Å². The first-order valence-electron chi connectivity index (χ1n) is 7.10. The fourth-order valence-corrected chi connectivity index (χ4v) is 5.11. The second-order valence-corrected chi connectivity index (χ2v) is 13.1. The number of hydrogen-bond donors (Lipinski definition) is 4. The van der Waals surface area contributed by atoms with Gasteiger partial charge in [0.25, 0.3) is 5.56 Å². The van der Waals surface area contributed by atoms with Gasteiger partial charge >= 0.3 is 12.5 Å². The van der Waals surface area contributed by atoms with Crippen LogP contribution in [0.4, 0.5) is 0 Å². The highest BCUT2D eigenvalue weighted by Gasteiger charge is 2.49. The summed E-state index contributed by atoms with van der Waals surface area (Å²) in [7, 11) is 1.32. The van der Waals surface area contributed by atoms with Gasteiger partial charge < -0.3 is 28.7 Å². The van der Waals surface area contributed by atoms with Gasteiger partial charge in [-0.05, 0) is 23.2 Å². The van der Waals surface area contributed by atoms with Crippen LogP contribution in [0, 0.1) is 0 Å². The molecule has 0 bridgehead atoms. The van der Waals surface area contributed by atoms with Crippen molar-refractivity contribution in [1.29, 1.82) is 0 Å². The Labute approximate surface area is 156 Å². The summed E-state index contributed by atoms with van der Waals surface area (Å²) in [6, 6.07) is 1.11. The van der Waals surface area contributed by atoms with Crippen LogP contribution in [-0.2, 0) is 30.4 Å². The second-order valence-electron chi connectivity index (χ2n) is 5.44. The first kappa shape index (κ1) is 22.0. The molecule has 1 saturated heterocycles. The molecule has 26 heavy (non-hydrogen) atoms. The van der Waals surface area contributed by atoms with Gasteiger partial charge in [-0.1, -0.05) is 0 Å². The molecule has 2 heterocycles. The molecule has 2 rings (SSSR count). The van der Waals surface area contributed by atoms with E-state index in [9.17, 15) is 19.0 Å². The molecule has 1 unspecified atom stereocenters. The van der Waals surface area contributed by atoms with Gasteiger partial charge in [0, 0.05) is 31.8 Å². The van der Waals surface area contributed by atoms with Gasteiger partial charge in [-0.15, -0.1) is 0 Å². The van der Waals surface area contributed by atoms with Gasteiger partial charge in [-0.3, -0.25) is 14.3 Å². The zero-order valence-electron chi connectivity index (χ0n) is 13.6. The SMILES string of the molecule is CO[C@H]1[C@@H](OP(C)(O)=S)[C@@H](CSP(=O)(O)O)O[C@H]1n1ccc(=O)[nH]c1=O. The van der Waals surface area contributed by atoms with Crippen LogP contribution in [0.25, 0.3) is 0 Å². The molecule has 15 heteroatoms. The number of aromatic nitrogens is 2. The largest absolute Gasteiger partial charge is 0.384 e. The Hall–Kier alpha value is -0.330. The Morgan fingerprint density at radius 3 is 2.54 bits per heavy atom. The lowest BCUT2D eigenvalue weighted by atomic mass is 10.1. The van der Waals surface area contributed by atoms with E-state index in [0.29, 0.717) is 11.4 Å². The van der Waals surface area contributed by atoms with Gasteiger partial charge in [0.2, 0.25) is 0 Å². The van der Waals surface area contributed by atoms with Crippen molar-refractivity contribution in [2.45, 2.75) is 24.5 Å². The van der Waals surface area contributed by atoms with Crippen LogP contribution in [0.1, 0.15) is 6.23 Å². The Balaban J connectivity index is 2.37. The highest BCUT2D eigenvalue weighted by molar-refractivity contribution is 8.54. The van der Waals surface area contributed by atoms with E-state index in [1.807, 2.05) is 0 Å². The lowest BCUT2D eigenvalue weighted by molar-refractivity contribution is -0.0500. The molecule has 0 amide bonds. The summed E-state index contributed by atoms with van der Waals surface area (Å²) < 4.78 is 28.7. The Bertz CT molecular complexity index is 847. The molecule has 0 radical (unpaired) electrons. The minimum absolute atomic E-state index is 0.196. The summed E-state index contributed by atoms with van der Waals surface area (Å²) in [6.45, 7) is -6.26. The number of aromatic amines is 1. The van der Waals surface area contributed by atoms with E-state index in [1.165, 1.54) is 20.0 Å². The van der Waals surface area contributed by atoms with E-state index >= 15 is 0 Å². The third-order valence-corrected chi connectivity index (χ3v) is 6.57. The average molecular weight is 448 g/mol. The van der Waals surface area contributed by atoms with E-state index in [4.69, 9.17) is 35.6 Å². The van der Waals surface area contributed by atoms with E-state index in [0.717, 1.165) is 10.6 Å². The van der Waals surface area contributed by atoms with E-state index < -0.39 is 49.1 Å². The maximum absolute atomic E-state index is 12.0. The molecular formula is C11H18N2O9P2S2. The smallest absolute Gasteiger partial charge is 0.374 e. The van der Waals surface area contributed by atoms with Gasteiger partial charge in [0.15, 0.2) is 12.7 Å². The normalized spacial score (nSPS) is 28.8. The molecule has 0 saturated carbocycles. The molecule has 4 N–H and O–H groups in total. The van der Waals surface area contributed by atoms with Crippen LogP contribution < -0.4 is 11.2 Å². The van der Waals surface area contributed by atoms with E-state index in [1.54, 1.807) is 0 Å². The monoisotopic (exact) mass is 448 g/mol. The third-order valence-electron chi connectivity index (χ3n) is 3.41. The Morgan fingerprint density at radius 2 is 2.04 bits per heavy atom. The number of nitrogens with zero attached hydrogens (tertiary/aromatic N) is 1. The van der Waals surface area contributed by atoms with Crippen molar-refractivity contribution in [2.24, 2.45) is 0 Å². The molecule has 1 aliphatic heterocycles. The fourth-order valence-electron chi connectivity index (χ4n) is 2.47. The van der Waals surface area contributed by atoms with Crippen molar-refractivity contribution >= 4 is 36.5 Å².